The molecule has 3 aromatic carbocycles. The molecule has 0 bridgehead atoms. The number of hydrogen-bond donors (Lipinski definition) is 0. The summed E-state index contributed by atoms with van der Waals surface area (Å²) < 4.78 is 11.8. The maximum atomic E-state index is 12.7. The van der Waals surface area contributed by atoms with E-state index in [1.807, 2.05) is 55.5 Å². The van der Waals surface area contributed by atoms with Crippen molar-refractivity contribution in [3.8, 4) is 11.5 Å². The van der Waals surface area contributed by atoms with Crippen LogP contribution in [0.15, 0.2) is 78.6 Å². The predicted molar refractivity (Wildman–Crippen MR) is 120 cm³/mol. The Morgan fingerprint density at radius 2 is 1.80 bits per heavy atom. The van der Waals surface area contributed by atoms with Gasteiger partial charge in [-0.2, -0.15) is 0 Å². The van der Waals surface area contributed by atoms with Gasteiger partial charge in [-0.1, -0.05) is 71.8 Å². The van der Waals surface area contributed by atoms with Crippen molar-refractivity contribution in [3.05, 3.63) is 111 Å². The van der Waals surface area contributed by atoms with Crippen molar-refractivity contribution in [2.75, 3.05) is 0 Å². The fourth-order valence-corrected chi connectivity index (χ4v) is 3.46. The predicted octanol–water partition coefficient (Wildman–Crippen LogP) is 7.05. The van der Waals surface area contributed by atoms with Gasteiger partial charge in [0, 0.05) is 5.56 Å². The Hall–Kier alpha value is -3.01. The quantitative estimate of drug-likeness (QED) is 0.401. The van der Waals surface area contributed by atoms with Gasteiger partial charge in [-0.3, -0.25) is 4.79 Å². The Morgan fingerprint density at radius 1 is 1.00 bits per heavy atom. The van der Waals surface area contributed by atoms with Crippen molar-refractivity contribution in [2.24, 2.45) is 0 Å². The molecule has 1 heterocycles. The lowest BCUT2D eigenvalue weighted by Gasteiger charge is -2.12. The number of hydrogen-bond acceptors (Lipinski definition) is 3. The van der Waals surface area contributed by atoms with Crippen LogP contribution in [-0.4, -0.2) is 5.78 Å². The lowest BCUT2D eigenvalue weighted by Crippen LogP contribution is -1.98. The lowest BCUT2D eigenvalue weighted by molar-refractivity contribution is 0.101. The number of rotatable bonds is 5. The van der Waals surface area contributed by atoms with Crippen LogP contribution in [0.5, 0.6) is 11.5 Å². The van der Waals surface area contributed by atoms with Crippen LogP contribution in [0.4, 0.5) is 0 Å². The topological polar surface area (TPSA) is 35.5 Å². The highest BCUT2D eigenvalue weighted by molar-refractivity contribution is 6.42. The number of fused-ring (bicyclic) bond motifs is 1. The Kier molecular flexibility index (Phi) is 5.93. The minimum absolute atomic E-state index is 0.137. The van der Waals surface area contributed by atoms with Crippen molar-refractivity contribution in [1.82, 2.24) is 0 Å². The van der Waals surface area contributed by atoms with Crippen molar-refractivity contribution in [3.63, 3.8) is 0 Å². The Morgan fingerprint density at radius 3 is 2.57 bits per heavy atom. The highest BCUT2D eigenvalue weighted by atomic mass is 35.5. The van der Waals surface area contributed by atoms with E-state index >= 15 is 0 Å². The molecule has 3 nitrogen and oxygen atoms in total. The molecule has 0 radical (unpaired) electrons. The van der Waals surface area contributed by atoms with Crippen LogP contribution in [0.2, 0.25) is 10.0 Å². The van der Waals surface area contributed by atoms with E-state index in [2.05, 4.69) is 0 Å². The van der Waals surface area contributed by atoms with Crippen molar-refractivity contribution in [2.45, 2.75) is 13.5 Å². The van der Waals surface area contributed by atoms with Gasteiger partial charge < -0.3 is 9.47 Å². The van der Waals surface area contributed by atoms with Crippen LogP contribution >= 0.6 is 23.2 Å². The zero-order valence-electron chi connectivity index (χ0n) is 16.2. The zero-order chi connectivity index (χ0) is 21.1. The number of carbonyl (C=O) groups is 1. The highest BCUT2D eigenvalue weighted by Crippen LogP contribution is 2.39. The average molecular weight is 437 g/mol. The third kappa shape index (κ3) is 4.28. The summed E-state index contributed by atoms with van der Waals surface area (Å²) in [4.78, 5) is 12.7. The molecule has 0 atom stereocenters. The van der Waals surface area contributed by atoms with E-state index in [0.29, 0.717) is 39.5 Å². The molecule has 30 heavy (non-hydrogen) atoms. The van der Waals surface area contributed by atoms with Crippen molar-refractivity contribution < 1.29 is 14.3 Å². The van der Waals surface area contributed by atoms with Crippen LogP contribution in [0.1, 0.15) is 27.0 Å². The second-order valence-corrected chi connectivity index (χ2v) is 7.65. The van der Waals surface area contributed by atoms with Crippen LogP contribution in [0, 0.1) is 6.92 Å². The van der Waals surface area contributed by atoms with Gasteiger partial charge in [0.1, 0.15) is 18.1 Å². The van der Waals surface area contributed by atoms with Gasteiger partial charge in [0.25, 0.3) is 0 Å². The smallest absolute Gasteiger partial charge is 0.231 e. The first kappa shape index (κ1) is 20.3. The lowest BCUT2D eigenvalue weighted by atomic mass is 10.1. The molecule has 3 aromatic rings. The van der Waals surface area contributed by atoms with Gasteiger partial charge >= 0.3 is 0 Å². The molecule has 0 N–H and O–H groups in total. The first-order valence-electron chi connectivity index (χ1n) is 9.39. The first-order chi connectivity index (χ1) is 14.5. The summed E-state index contributed by atoms with van der Waals surface area (Å²) in [5.41, 5.74) is 3.25. The monoisotopic (exact) mass is 436 g/mol. The van der Waals surface area contributed by atoms with Gasteiger partial charge in [0.15, 0.2) is 5.76 Å². The first-order valence-corrected chi connectivity index (χ1v) is 10.1. The summed E-state index contributed by atoms with van der Waals surface area (Å²) in [7, 11) is 0. The molecule has 0 fully saturated rings. The van der Waals surface area contributed by atoms with Crippen LogP contribution in [0.3, 0.4) is 0 Å². The summed E-state index contributed by atoms with van der Waals surface area (Å²) in [6.07, 6.45) is 5.42. The van der Waals surface area contributed by atoms with Crippen molar-refractivity contribution in [1.29, 1.82) is 0 Å². The largest absolute Gasteiger partial charge is 0.488 e. The number of allylic oxidation sites excluding steroid dienone is 3. The molecule has 1 aliphatic heterocycles. The molecule has 0 saturated carbocycles. The van der Waals surface area contributed by atoms with E-state index in [4.69, 9.17) is 32.7 Å². The standard InChI is InChI=1S/C25H18Cl2O3/c1-16-22(29-15-18-10-12-20(26)21(27)14-18)13-11-19-24(28)23(30-25(16)19)9-5-8-17-6-3-2-4-7-17/h2-14H,15H2,1H3/b8-5+,23-9-. The van der Waals surface area contributed by atoms with E-state index in [1.54, 1.807) is 30.3 Å². The Balaban J connectivity index is 1.50. The fourth-order valence-electron chi connectivity index (χ4n) is 3.14. The van der Waals surface area contributed by atoms with E-state index in [-0.39, 0.29) is 5.78 Å². The van der Waals surface area contributed by atoms with Crippen LogP contribution in [-0.2, 0) is 6.61 Å². The SMILES string of the molecule is Cc1c(OCc2ccc(Cl)c(Cl)c2)ccc2c1O/C(=C\C=C\c1ccccc1)C2=O. The molecule has 4 rings (SSSR count). The molecule has 1 aliphatic rings. The van der Waals surface area contributed by atoms with Gasteiger partial charge in [-0.05, 0) is 48.4 Å². The molecule has 0 amide bonds. The fraction of sp³-hybridized carbons (Fsp3) is 0.0800. The van der Waals surface area contributed by atoms with Crippen LogP contribution < -0.4 is 9.47 Å². The third-order valence-electron chi connectivity index (χ3n) is 4.75. The zero-order valence-corrected chi connectivity index (χ0v) is 17.7. The molecule has 0 unspecified atom stereocenters. The maximum Gasteiger partial charge on any atom is 0.231 e. The Labute approximate surface area is 185 Å². The highest BCUT2D eigenvalue weighted by Gasteiger charge is 2.29. The van der Waals surface area contributed by atoms with E-state index in [9.17, 15) is 4.79 Å². The number of benzene rings is 3. The van der Waals surface area contributed by atoms with E-state index < -0.39 is 0 Å². The third-order valence-corrected chi connectivity index (χ3v) is 5.49. The molecule has 0 saturated heterocycles. The number of ketones is 1. The summed E-state index contributed by atoms with van der Waals surface area (Å²) >= 11 is 12.0. The molecule has 150 valence electrons. The molecule has 0 spiro atoms. The second-order valence-electron chi connectivity index (χ2n) is 6.83. The summed E-state index contributed by atoms with van der Waals surface area (Å²) in [6.45, 7) is 2.20. The minimum Gasteiger partial charge on any atom is -0.488 e. The number of ether oxygens (including phenoxy) is 2. The molecule has 0 aliphatic carbocycles. The molecular weight excluding hydrogens is 419 g/mol. The van der Waals surface area contributed by atoms with E-state index in [0.717, 1.165) is 16.7 Å². The summed E-state index contributed by atoms with van der Waals surface area (Å²) in [5, 5.41) is 0.984. The summed E-state index contributed by atoms with van der Waals surface area (Å²) in [5.74, 6) is 1.34. The molecular formula is C25H18Cl2O3. The van der Waals surface area contributed by atoms with Crippen LogP contribution in [0.25, 0.3) is 6.08 Å². The number of Topliss-reactive ketones (excluding diaryl/α,β-unsaturated/α-hetero) is 1. The van der Waals surface area contributed by atoms with Gasteiger partial charge in [0.2, 0.25) is 5.78 Å². The number of halogens is 2. The van der Waals surface area contributed by atoms with Gasteiger partial charge in [-0.25, -0.2) is 0 Å². The minimum atomic E-state index is -0.137. The van der Waals surface area contributed by atoms with Gasteiger partial charge in [-0.15, -0.1) is 0 Å². The molecule has 0 aromatic heterocycles. The Bertz CT molecular complexity index is 1160. The second kappa shape index (κ2) is 8.78. The number of carbonyl (C=O) groups excluding carboxylic acids is 1. The van der Waals surface area contributed by atoms with Crippen molar-refractivity contribution >= 4 is 35.1 Å². The normalized spacial score (nSPS) is 14.2. The van der Waals surface area contributed by atoms with Gasteiger partial charge in [0.05, 0.1) is 15.6 Å². The summed E-state index contributed by atoms with van der Waals surface area (Å²) in [6, 6.07) is 18.7. The maximum absolute atomic E-state index is 12.7. The molecule has 5 heteroatoms. The van der Waals surface area contributed by atoms with E-state index in [1.165, 1.54) is 0 Å². The average Bonchev–Trinajstić information content (AvgIpc) is 3.07.